The van der Waals surface area contributed by atoms with Gasteiger partial charge in [-0.05, 0) is 26.7 Å². The highest BCUT2D eigenvalue weighted by Gasteiger charge is 2.31. The van der Waals surface area contributed by atoms with Gasteiger partial charge in [0.25, 0.3) is 0 Å². The standard InChI is InChI=1S/C16H30N2O5/c1-7-9-11-22-15(20)13(4)17(5)14(19)12(3)18(6)16(21)23-10-8-2/h12-13H,7-11H2,1-6H3. The van der Waals surface area contributed by atoms with Crippen LogP contribution >= 0.6 is 0 Å². The summed E-state index contributed by atoms with van der Waals surface area (Å²) in [5.41, 5.74) is 0. The Morgan fingerprint density at radius 1 is 0.870 bits per heavy atom. The molecule has 0 aliphatic heterocycles. The fourth-order valence-electron chi connectivity index (χ4n) is 1.70. The number of rotatable bonds is 9. The van der Waals surface area contributed by atoms with Gasteiger partial charge < -0.3 is 14.4 Å². The van der Waals surface area contributed by atoms with Crippen LogP contribution in [0, 0.1) is 0 Å². The molecule has 0 aliphatic carbocycles. The maximum atomic E-state index is 12.4. The van der Waals surface area contributed by atoms with Crippen molar-refractivity contribution in [2.75, 3.05) is 27.3 Å². The molecule has 7 heteroatoms. The lowest BCUT2D eigenvalue weighted by Crippen LogP contribution is -2.51. The fraction of sp³-hybridized carbons (Fsp3) is 0.812. The van der Waals surface area contributed by atoms with Crippen LogP contribution in [0.25, 0.3) is 0 Å². The Morgan fingerprint density at radius 3 is 2.00 bits per heavy atom. The number of carbonyl (C=O) groups is 3. The van der Waals surface area contributed by atoms with E-state index in [1.54, 1.807) is 13.8 Å². The molecule has 2 atom stereocenters. The highest BCUT2D eigenvalue weighted by Crippen LogP contribution is 2.08. The largest absolute Gasteiger partial charge is 0.464 e. The van der Waals surface area contributed by atoms with Crippen LogP contribution in [0.5, 0.6) is 0 Å². The number of amides is 2. The zero-order valence-corrected chi connectivity index (χ0v) is 15.1. The summed E-state index contributed by atoms with van der Waals surface area (Å²) in [6.45, 7) is 7.75. The highest BCUT2D eigenvalue weighted by atomic mass is 16.6. The van der Waals surface area contributed by atoms with Crippen molar-refractivity contribution in [1.82, 2.24) is 9.80 Å². The molecule has 0 saturated carbocycles. The van der Waals surface area contributed by atoms with Gasteiger partial charge in [0.2, 0.25) is 5.91 Å². The lowest BCUT2D eigenvalue weighted by atomic mass is 10.2. The predicted molar refractivity (Wildman–Crippen MR) is 87.0 cm³/mol. The number of hydrogen-bond donors (Lipinski definition) is 0. The van der Waals surface area contributed by atoms with Gasteiger partial charge in [-0.3, -0.25) is 9.69 Å². The van der Waals surface area contributed by atoms with Gasteiger partial charge >= 0.3 is 12.1 Å². The first-order valence-corrected chi connectivity index (χ1v) is 8.10. The topological polar surface area (TPSA) is 76.2 Å². The fourth-order valence-corrected chi connectivity index (χ4v) is 1.70. The number of esters is 1. The van der Waals surface area contributed by atoms with Crippen molar-refractivity contribution in [1.29, 1.82) is 0 Å². The molecule has 2 unspecified atom stereocenters. The zero-order valence-electron chi connectivity index (χ0n) is 15.1. The van der Waals surface area contributed by atoms with E-state index >= 15 is 0 Å². The molecule has 0 aromatic rings. The van der Waals surface area contributed by atoms with Gasteiger partial charge in [-0.25, -0.2) is 9.59 Å². The van der Waals surface area contributed by atoms with Crippen LogP contribution in [0.15, 0.2) is 0 Å². The van der Waals surface area contributed by atoms with E-state index in [4.69, 9.17) is 9.47 Å². The molecule has 0 radical (unpaired) electrons. The lowest BCUT2D eigenvalue weighted by Gasteiger charge is -2.30. The van der Waals surface area contributed by atoms with Crippen molar-refractivity contribution >= 4 is 18.0 Å². The van der Waals surface area contributed by atoms with Crippen molar-refractivity contribution in [3.8, 4) is 0 Å². The average Bonchev–Trinajstić information content (AvgIpc) is 2.56. The van der Waals surface area contributed by atoms with Crippen molar-refractivity contribution in [2.45, 2.75) is 59.0 Å². The zero-order chi connectivity index (χ0) is 18.0. The molecule has 0 bridgehead atoms. The maximum absolute atomic E-state index is 12.4. The van der Waals surface area contributed by atoms with Gasteiger partial charge in [0.1, 0.15) is 12.1 Å². The summed E-state index contributed by atoms with van der Waals surface area (Å²) in [7, 11) is 3.02. The Kier molecular flexibility index (Phi) is 10.0. The average molecular weight is 330 g/mol. The van der Waals surface area contributed by atoms with Crippen LogP contribution in [-0.4, -0.2) is 67.2 Å². The van der Waals surface area contributed by atoms with E-state index in [0.717, 1.165) is 12.8 Å². The Labute approximate surface area is 138 Å². The van der Waals surface area contributed by atoms with Crippen LogP contribution in [0.1, 0.15) is 47.0 Å². The van der Waals surface area contributed by atoms with Crippen LogP contribution in [0.2, 0.25) is 0 Å². The molecule has 0 fully saturated rings. The monoisotopic (exact) mass is 330 g/mol. The number of carbonyl (C=O) groups excluding carboxylic acids is 3. The number of nitrogens with zero attached hydrogens (tertiary/aromatic N) is 2. The third kappa shape index (κ3) is 6.88. The summed E-state index contributed by atoms with van der Waals surface area (Å²) in [5, 5.41) is 0. The van der Waals surface area contributed by atoms with Gasteiger partial charge in [0.15, 0.2) is 0 Å². The quantitative estimate of drug-likeness (QED) is 0.478. The molecule has 7 nitrogen and oxygen atoms in total. The summed E-state index contributed by atoms with van der Waals surface area (Å²) in [4.78, 5) is 38.6. The molecule has 0 aliphatic rings. The Bertz CT molecular complexity index is 400. The molecule has 2 amide bonds. The van der Waals surface area contributed by atoms with E-state index in [1.165, 1.54) is 23.9 Å². The summed E-state index contributed by atoms with van der Waals surface area (Å²) in [6, 6.07) is -1.43. The minimum Gasteiger partial charge on any atom is -0.464 e. The summed E-state index contributed by atoms with van der Waals surface area (Å²) < 4.78 is 10.1. The Hall–Kier alpha value is -1.79. The van der Waals surface area contributed by atoms with Crippen molar-refractivity contribution in [3.63, 3.8) is 0 Å². The third-order valence-electron chi connectivity index (χ3n) is 3.67. The van der Waals surface area contributed by atoms with E-state index < -0.39 is 24.1 Å². The summed E-state index contributed by atoms with van der Waals surface area (Å²) in [6.07, 6.45) is 1.87. The van der Waals surface area contributed by atoms with E-state index in [9.17, 15) is 14.4 Å². The predicted octanol–water partition coefficient (Wildman–Crippen LogP) is 2.04. The Balaban J connectivity index is 4.60. The van der Waals surface area contributed by atoms with Crippen molar-refractivity contribution in [3.05, 3.63) is 0 Å². The second-order valence-electron chi connectivity index (χ2n) is 5.55. The molecule has 0 rings (SSSR count). The maximum Gasteiger partial charge on any atom is 0.410 e. The SMILES string of the molecule is CCCCOC(=O)C(C)N(C)C(=O)C(C)N(C)C(=O)OCCC. The first-order valence-electron chi connectivity index (χ1n) is 8.10. The minimum atomic E-state index is -0.727. The van der Waals surface area contributed by atoms with Gasteiger partial charge in [0, 0.05) is 14.1 Å². The van der Waals surface area contributed by atoms with E-state index in [2.05, 4.69) is 0 Å². The van der Waals surface area contributed by atoms with Crippen LogP contribution in [0.3, 0.4) is 0 Å². The number of unbranched alkanes of at least 4 members (excludes halogenated alkanes) is 1. The van der Waals surface area contributed by atoms with Gasteiger partial charge in [-0.15, -0.1) is 0 Å². The molecular weight excluding hydrogens is 300 g/mol. The van der Waals surface area contributed by atoms with Gasteiger partial charge in [-0.2, -0.15) is 0 Å². The molecule has 23 heavy (non-hydrogen) atoms. The smallest absolute Gasteiger partial charge is 0.410 e. The third-order valence-corrected chi connectivity index (χ3v) is 3.67. The molecule has 0 aromatic carbocycles. The van der Waals surface area contributed by atoms with E-state index in [-0.39, 0.29) is 5.91 Å². The second kappa shape index (κ2) is 10.9. The number of ether oxygens (including phenoxy) is 2. The van der Waals surface area contributed by atoms with Gasteiger partial charge in [0.05, 0.1) is 13.2 Å². The molecule has 134 valence electrons. The number of likely N-dealkylation sites (N-methyl/N-ethyl adjacent to an activating group) is 2. The highest BCUT2D eigenvalue weighted by molar-refractivity contribution is 5.89. The first-order chi connectivity index (χ1) is 10.8. The molecule has 0 aromatic heterocycles. The number of hydrogen-bond acceptors (Lipinski definition) is 5. The molecule has 0 N–H and O–H groups in total. The first kappa shape index (κ1) is 21.2. The van der Waals surface area contributed by atoms with E-state index in [0.29, 0.717) is 19.6 Å². The molecule has 0 spiro atoms. The van der Waals surface area contributed by atoms with Crippen LogP contribution in [-0.2, 0) is 19.1 Å². The molecule has 0 saturated heterocycles. The van der Waals surface area contributed by atoms with Crippen molar-refractivity contribution < 1.29 is 23.9 Å². The summed E-state index contributed by atoms with van der Waals surface area (Å²) in [5.74, 6) is -0.793. The van der Waals surface area contributed by atoms with Crippen molar-refractivity contribution in [2.24, 2.45) is 0 Å². The second-order valence-corrected chi connectivity index (χ2v) is 5.55. The molecule has 0 heterocycles. The van der Waals surface area contributed by atoms with Crippen LogP contribution < -0.4 is 0 Å². The minimum absolute atomic E-state index is 0.306. The summed E-state index contributed by atoms with van der Waals surface area (Å²) >= 11 is 0. The Morgan fingerprint density at radius 2 is 1.48 bits per heavy atom. The van der Waals surface area contributed by atoms with Gasteiger partial charge in [-0.1, -0.05) is 20.3 Å². The normalized spacial score (nSPS) is 13.0. The van der Waals surface area contributed by atoms with Crippen LogP contribution in [0.4, 0.5) is 4.79 Å². The molecular formula is C16H30N2O5. The van der Waals surface area contributed by atoms with E-state index in [1.807, 2.05) is 13.8 Å². The lowest BCUT2D eigenvalue weighted by molar-refractivity contribution is -0.154.